The quantitative estimate of drug-likeness (QED) is 0.803. The molecule has 142 valence electrons. The predicted molar refractivity (Wildman–Crippen MR) is 91.9 cm³/mol. The van der Waals surface area contributed by atoms with Gasteiger partial charge < -0.3 is 20.1 Å². The van der Waals surface area contributed by atoms with Gasteiger partial charge in [0.2, 0.25) is 0 Å². The lowest BCUT2D eigenvalue weighted by atomic mass is 9.97. The van der Waals surface area contributed by atoms with Gasteiger partial charge in [0.25, 0.3) is 0 Å². The highest BCUT2D eigenvalue weighted by Crippen LogP contribution is 2.40. The lowest BCUT2D eigenvalue weighted by Crippen LogP contribution is -2.31. The summed E-state index contributed by atoms with van der Waals surface area (Å²) < 4.78 is 51.2. The van der Waals surface area contributed by atoms with E-state index in [4.69, 9.17) is 9.47 Å². The second-order valence-electron chi connectivity index (χ2n) is 6.37. The predicted octanol–water partition coefficient (Wildman–Crippen LogP) is 3.34. The summed E-state index contributed by atoms with van der Waals surface area (Å²) in [6.45, 7) is 1.51. The van der Waals surface area contributed by atoms with Crippen molar-refractivity contribution >= 4 is 11.7 Å². The number of hydrogen-bond acceptors (Lipinski definition) is 3. The lowest BCUT2D eigenvalue weighted by Gasteiger charge is -2.14. The van der Waals surface area contributed by atoms with Crippen LogP contribution in [0.4, 0.5) is 23.7 Å². The summed E-state index contributed by atoms with van der Waals surface area (Å²) >= 11 is 0. The second kappa shape index (κ2) is 7.02. The third kappa shape index (κ3) is 3.27. The van der Waals surface area contributed by atoms with Crippen molar-refractivity contribution in [1.82, 2.24) is 5.32 Å². The molecule has 2 aromatic rings. The fourth-order valence-corrected chi connectivity index (χ4v) is 3.44. The number of ether oxygens (including phenoxy) is 2. The number of carbonyl (C=O) groups is 1. The number of rotatable bonds is 4. The Bertz CT molecular complexity index is 886. The molecule has 27 heavy (non-hydrogen) atoms. The van der Waals surface area contributed by atoms with Crippen molar-refractivity contribution in [3.05, 3.63) is 52.3 Å². The van der Waals surface area contributed by atoms with E-state index in [0.29, 0.717) is 19.6 Å². The van der Waals surface area contributed by atoms with Crippen LogP contribution in [0.3, 0.4) is 0 Å². The Morgan fingerprint density at radius 1 is 1.07 bits per heavy atom. The normalized spacial score (nSPS) is 14.2. The van der Waals surface area contributed by atoms with Crippen LogP contribution in [-0.2, 0) is 19.3 Å². The third-order valence-corrected chi connectivity index (χ3v) is 4.70. The van der Waals surface area contributed by atoms with Gasteiger partial charge in [-0.05, 0) is 24.6 Å². The molecule has 0 radical (unpaired) electrons. The van der Waals surface area contributed by atoms with Crippen molar-refractivity contribution in [2.45, 2.75) is 19.3 Å². The summed E-state index contributed by atoms with van der Waals surface area (Å²) in [4.78, 5) is 12.0. The highest BCUT2D eigenvalue weighted by Gasteiger charge is 2.26. The molecule has 0 saturated carbocycles. The standard InChI is InChI=1S/C19H17F3N2O3/c20-13-1-2-14(17(22)16(13)21)24-19(25)23-6-3-12-11-5-8-26-15(11)9-10-4-7-27-18(10)12/h1-2,9H,3-8H2,(H2,23,24,25). The molecule has 0 bridgehead atoms. The van der Waals surface area contributed by atoms with Gasteiger partial charge in [-0.25, -0.2) is 18.0 Å². The Kier molecular flexibility index (Phi) is 4.55. The zero-order chi connectivity index (χ0) is 19.0. The topological polar surface area (TPSA) is 59.6 Å². The first-order valence-electron chi connectivity index (χ1n) is 8.66. The Hall–Kier alpha value is -2.90. The molecule has 0 aromatic heterocycles. The zero-order valence-corrected chi connectivity index (χ0v) is 14.3. The second-order valence-corrected chi connectivity index (χ2v) is 6.37. The van der Waals surface area contributed by atoms with E-state index >= 15 is 0 Å². The molecule has 2 aromatic carbocycles. The number of carbonyl (C=O) groups excluding carboxylic acids is 1. The molecular formula is C19H17F3N2O3. The molecule has 2 aliphatic heterocycles. The number of benzene rings is 2. The van der Waals surface area contributed by atoms with Crippen molar-refractivity contribution in [3.8, 4) is 11.5 Å². The van der Waals surface area contributed by atoms with Gasteiger partial charge in [-0.3, -0.25) is 0 Å². The molecule has 0 saturated heterocycles. The molecular weight excluding hydrogens is 361 g/mol. The van der Waals surface area contributed by atoms with Crippen LogP contribution in [0, 0.1) is 17.5 Å². The van der Waals surface area contributed by atoms with Crippen molar-refractivity contribution in [1.29, 1.82) is 0 Å². The van der Waals surface area contributed by atoms with Gasteiger partial charge in [-0.1, -0.05) is 0 Å². The molecule has 4 rings (SSSR count). The van der Waals surface area contributed by atoms with E-state index in [9.17, 15) is 18.0 Å². The van der Waals surface area contributed by atoms with Crippen molar-refractivity contribution in [2.75, 3.05) is 25.1 Å². The van der Waals surface area contributed by atoms with Crippen LogP contribution in [0.5, 0.6) is 11.5 Å². The maximum Gasteiger partial charge on any atom is 0.319 e. The summed E-state index contributed by atoms with van der Waals surface area (Å²) in [5, 5.41) is 4.78. The van der Waals surface area contributed by atoms with Gasteiger partial charge in [-0.2, -0.15) is 0 Å². The lowest BCUT2D eigenvalue weighted by molar-refractivity contribution is 0.252. The monoisotopic (exact) mass is 378 g/mol. The highest BCUT2D eigenvalue weighted by atomic mass is 19.2. The fourth-order valence-electron chi connectivity index (χ4n) is 3.44. The van der Waals surface area contributed by atoms with E-state index in [1.165, 1.54) is 0 Å². The molecule has 2 N–H and O–H groups in total. The minimum absolute atomic E-state index is 0.267. The number of fused-ring (bicyclic) bond motifs is 2. The Labute approximate surface area is 153 Å². The van der Waals surface area contributed by atoms with E-state index in [2.05, 4.69) is 10.6 Å². The molecule has 5 nitrogen and oxygen atoms in total. The number of anilines is 1. The van der Waals surface area contributed by atoms with Gasteiger partial charge in [0.1, 0.15) is 11.5 Å². The minimum Gasteiger partial charge on any atom is -0.493 e. The Morgan fingerprint density at radius 2 is 1.89 bits per heavy atom. The van der Waals surface area contributed by atoms with E-state index in [-0.39, 0.29) is 6.54 Å². The molecule has 0 aliphatic carbocycles. The van der Waals surface area contributed by atoms with Crippen molar-refractivity contribution < 1.29 is 27.4 Å². The SMILES string of the molecule is O=C(NCCc1c2c(cc3c1OCC3)OCC2)Nc1ccc(F)c(F)c1F. The number of amides is 2. The Balaban J connectivity index is 1.41. The van der Waals surface area contributed by atoms with Crippen LogP contribution >= 0.6 is 0 Å². The average molecular weight is 378 g/mol. The number of nitrogens with one attached hydrogen (secondary N) is 2. The first-order valence-corrected chi connectivity index (χ1v) is 8.66. The largest absolute Gasteiger partial charge is 0.493 e. The van der Waals surface area contributed by atoms with Crippen LogP contribution in [0.2, 0.25) is 0 Å². The van der Waals surface area contributed by atoms with Crippen molar-refractivity contribution in [3.63, 3.8) is 0 Å². The van der Waals surface area contributed by atoms with E-state index in [0.717, 1.165) is 53.2 Å². The van der Waals surface area contributed by atoms with E-state index < -0.39 is 29.2 Å². The summed E-state index contributed by atoms with van der Waals surface area (Å²) in [7, 11) is 0. The number of hydrogen-bond donors (Lipinski definition) is 2. The van der Waals surface area contributed by atoms with Gasteiger partial charge >= 0.3 is 6.03 Å². The van der Waals surface area contributed by atoms with Gasteiger partial charge in [0, 0.05) is 36.1 Å². The smallest absolute Gasteiger partial charge is 0.319 e. The summed E-state index contributed by atoms with van der Waals surface area (Å²) in [6, 6.07) is 3.03. The molecule has 8 heteroatoms. The first kappa shape index (κ1) is 17.5. The summed E-state index contributed by atoms with van der Waals surface area (Å²) in [6.07, 6.45) is 2.12. The third-order valence-electron chi connectivity index (χ3n) is 4.70. The molecule has 0 unspecified atom stereocenters. The van der Waals surface area contributed by atoms with Crippen LogP contribution in [0.15, 0.2) is 18.2 Å². The molecule has 0 atom stereocenters. The van der Waals surface area contributed by atoms with Gasteiger partial charge in [0.15, 0.2) is 17.5 Å². The van der Waals surface area contributed by atoms with Crippen LogP contribution in [-0.4, -0.2) is 25.8 Å². The molecule has 2 amide bonds. The zero-order valence-electron chi connectivity index (χ0n) is 14.3. The average Bonchev–Trinajstić information content (AvgIpc) is 3.30. The Morgan fingerprint density at radius 3 is 2.74 bits per heavy atom. The molecule has 0 fully saturated rings. The number of urea groups is 1. The van der Waals surface area contributed by atoms with E-state index in [1.54, 1.807) is 0 Å². The highest BCUT2D eigenvalue weighted by molar-refractivity contribution is 5.89. The van der Waals surface area contributed by atoms with E-state index in [1.807, 2.05) is 6.07 Å². The van der Waals surface area contributed by atoms with Crippen LogP contribution in [0.1, 0.15) is 16.7 Å². The van der Waals surface area contributed by atoms with Gasteiger partial charge in [-0.15, -0.1) is 0 Å². The fraction of sp³-hybridized carbons (Fsp3) is 0.316. The molecule has 2 aliphatic rings. The van der Waals surface area contributed by atoms with Gasteiger partial charge in [0.05, 0.1) is 18.9 Å². The summed E-state index contributed by atoms with van der Waals surface area (Å²) in [5.74, 6) is -2.65. The maximum absolute atomic E-state index is 13.6. The first-order chi connectivity index (χ1) is 13.0. The van der Waals surface area contributed by atoms with Crippen LogP contribution in [0.25, 0.3) is 0 Å². The van der Waals surface area contributed by atoms with Crippen LogP contribution < -0.4 is 20.1 Å². The molecule has 0 spiro atoms. The van der Waals surface area contributed by atoms with Crippen molar-refractivity contribution in [2.24, 2.45) is 0 Å². The summed E-state index contributed by atoms with van der Waals surface area (Å²) in [5.41, 5.74) is 2.77. The number of halogens is 3. The maximum atomic E-state index is 13.6. The molecule has 2 heterocycles. The minimum atomic E-state index is -1.62.